The molecule has 2 aromatic heterocycles. The first kappa shape index (κ1) is 23.4. The summed E-state index contributed by atoms with van der Waals surface area (Å²) < 4.78 is 46.2. The molecule has 1 fully saturated rings. The van der Waals surface area contributed by atoms with Gasteiger partial charge in [-0.25, -0.2) is 13.9 Å². The number of imidazole rings is 1. The lowest BCUT2D eigenvalue weighted by Gasteiger charge is -2.24. The largest absolute Gasteiger partial charge is 0.426 e. The van der Waals surface area contributed by atoms with Crippen LogP contribution in [0.3, 0.4) is 0 Å². The van der Waals surface area contributed by atoms with E-state index in [-0.39, 0.29) is 18.2 Å². The van der Waals surface area contributed by atoms with E-state index in [0.29, 0.717) is 17.1 Å². The van der Waals surface area contributed by atoms with E-state index in [4.69, 9.17) is 19.5 Å². The molecule has 5 atom stereocenters. The summed E-state index contributed by atoms with van der Waals surface area (Å²) in [5.74, 6) is 0.733. The van der Waals surface area contributed by atoms with Gasteiger partial charge in [-0.1, -0.05) is 36.4 Å². The highest BCUT2D eigenvalue weighted by Crippen LogP contribution is 2.44. The molecule has 1 saturated heterocycles. The molecule has 13 heteroatoms. The van der Waals surface area contributed by atoms with E-state index in [1.807, 2.05) is 30.3 Å². The van der Waals surface area contributed by atoms with Gasteiger partial charge in [-0.3, -0.25) is 9.09 Å². The van der Waals surface area contributed by atoms with Crippen LogP contribution in [-0.4, -0.2) is 56.2 Å². The van der Waals surface area contributed by atoms with Crippen molar-refractivity contribution in [3.63, 3.8) is 0 Å². The summed E-state index contributed by atoms with van der Waals surface area (Å²) in [4.78, 5) is 12.4. The normalized spacial score (nSPS) is 25.2. The predicted octanol–water partition coefficient (Wildman–Crippen LogP) is 3.08. The number of nitrogen functional groups attached to an aromatic ring is 1. The average Bonchev–Trinajstić information content (AvgIpc) is 3.35. The predicted molar refractivity (Wildman–Crippen MR) is 128 cm³/mol. The number of nitrogens with two attached hydrogens (primary N) is 1. The molecule has 0 radical (unpaired) electrons. The van der Waals surface area contributed by atoms with E-state index in [1.165, 1.54) is 17.8 Å². The van der Waals surface area contributed by atoms with E-state index in [1.54, 1.807) is 19.2 Å². The Morgan fingerprint density at radius 3 is 2.86 bits per heavy atom. The molecule has 4 N–H and O–H groups in total. The van der Waals surface area contributed by atoms with Gasteiger partial charge in [0.25, 0.3) is 0 Å². The molecule has 4 aromatic rings. The van der Waals surface area contributed by atoms with Gasteiger partial charge in [-0.15, -0.1) is 0 Å². The lowest BCUT2D eigenvalue weighted by molar-refractivity contribution is -0.0539. The maximum Gasteiger partial charge on any atom is 0.367 e. The van der Waals surface area contributed by atoms with Gasteiger partial charge in [0.15, 0.2) is 28.9 Å². The number of alkyl halides is 1. The number of hydrogen-bond donors (Lipinski definition) is 3. The van der Waals surface area contributed by atoms with Crippen LogP contribution in [0.4, 0.5) is 16.2 Å². The molecule has 11 nitrogen and oxygen atoms in total. The number of fused-ring (bicyclic) bond motifs is 2. The fraction of sp³-hybridized carbons (Fsp3) is 0.318. The number of hydrogen-bond acceptors (Lipinski definition) is 10. The molecular formula is C22H24FN6O5P. The summed E-state index contributed by atoms with van der Waals surface area (Å²) in [5.41, 5.74) is 4.13. The van der Waals surface area contributed by atoms with Crippen molar-refractivity contribution in [1.82, 2.24) is 19.5 Å². The maximum absolute atomic E-state index is 15.7. The third kappa shape index (κ3) is 4.19. The maximum atomic E-state index is 15.7. The van der Waals surface area contributed by atoms with Crippen molar-refractivity contribution in [1.29, 1.82) is 0 Å². The van der Waals surface area contributed by atoms with Crippen LogP contribution in [0.25, 0.3) is 21.9 Å². The first-order valence-electron chi connectivity index (χ1n) is 10.8. The topological polar surface area (TPSA) is 147 Å². The van der Waals surface area contributed by atoms with Gasteiger partial charge in [-0.05, 0) is 18.4 Å². The van der Waals surface area contributed by atoms with E-state index in [9.17, 15) is 9.67 Å². The van der Waals surface area contributed by atoms with Crippen molar-refractivity contribution >= 4 is 42.0 Å². The van der Waals surface area contributed by atoms with Crippen molar-refractivity contribution in [2.75, 3.05) is 24.7 Å². The molecular weight excluding hydrogens is 478 g/mol. The van der Waals surface area contributed by atoms with Gasteiger partial charge < -0.3 is 25.4 Å². The zero-order valence-electron chi connectivity index (χ0n) is 18.9. The molecule has 0 spiro atoms. The number of ether oxygens (including phenoxy) is 1. The van der Waals surface area contributed by atoms with Gasteiger partial charge in [0.05, 0.1) is 12.9 Å². The van der Waals surface area contributed by atoms with Crippen LogP contribution in [-0.2, 0) is 13.8 Å². The highest BCUT2D eigenvalue weighted by atomic mass is 31.1. The molecule has 5 rings (SSSR count). The Morgan fingerprint density at radius 1 is 1.29 bits per heavy atom. The first-order valence-corrected chi connectivity index (χ1v) is 12.0. The smallest absolute Gasteiger partial charge is 0.367 e. The Labute approximate surface area is 200 Å². The molecule has 0 saturated carbocycles. The van der Waals surface area contributed by atoms with Crippen LogP contribution in [0.5, 0.6) is 5.75 Å². The quantitative estimate of drug-likeness (QED) is 0.322. The number of nitrogens with one attached hydrogen (secondary N) is 1. The van der Waals surface area contributed by atoms with Crippen LogP contribution in [0, 0.1) is 0 Å². The summed E-state index contributed by atoms with van der Waals surface area (Å²) in [6.07, 6.45) is -2.66. The first-order chi connectivity index (χ1) is 16.8. The number of anilines is 2. The minimum Gasteiger partial charge on any atom is -0.426 e. The lowest BCUT2D eigenvalue weighted by Crippen LogP contribution is -2.40. The average molecular weight is 502 g/mol. The number of nitrogens with zero attached hydrogens (tertiary/aromatic N) is 4. The summed E-state index contributed by atoms with van der Waals surface area (Å²) in [7, 11) is -1.38. The van der Waals surface area contributed by atoms with E-state index < -0.39 is 32.4 Å². The number of benzene rings is 2. The molecule has 1 aliphatic heterocycles. The van der Waals surface area contributed by atoms with Crippen molar-refractivity contribution in [3.8, 4) is 5.75 Å². The van der Waals surface area contributed by atoms with Crippen LogP contribution in [0.15, 0.2) is 48.8 Å². The van der Waals surface area contributed by atoms with Gasteiger partial charge in [0, 0.05) is 12.4 Å². The third-order valence-corrected chi connectivity index (χ3v) is 6.74. The molecule has 35 heavy (non-hydrogen) atoms. The second kappa shape index (κ2) is 9.04. The van der Waals surface area contributed by atoms with E-state index in [2.05, 4.69) is 20.3 Å². The molecule has 184 valence electrons. The van der Waals surface area contributed by atoms with Crippen molar-refractivity contribution in [3.05, 3.63) is 48.8 Å². The number of aliphatic hydroxyl groups is 1. The molecule has 3 heterocycles. The Kier molecular flexibility index (Phi) is 6.06. The molecule has 0 aliphatic carbocycles. The number of aromatic nitrogens is 4. The van der Waals surface area contributed by atoms with Crippen molar-refractivity contribution in [2.45, 2.75) is 31.0 Å². The van der Waals surface area contributed by atoms with Crippen LogP contribution in [0.1, 0.15) is 13.2 Å². The minimum atomic E-state index is -3.03. The summed E-state index contributed by atoms with van der Waals surface area (Å²) >= 11 is 0. The van der Waals surface area contributed by atoms with Crippen molar-refractivity contribution < 1.29 is 27.8 Å². The standard InChI is InChI=1S/C22H24FN6O5P/c1-22(23)17(30)15(10-32-35(31)34-14-9-5-7-12-6-3-4-8-13(12)14)33-20(22)29-11-26-16-18(25-2)27-21(24)28-19(16)29/h3-9,11,15,17,20,30,35H,10H2,1-2H3,(H3,24,25,27,28)/t15-,17-,20-,22-/m1/s1. The molecule has 2 aromatic carbocycles. The fourth-order valence-electron chi connectivity index (χ4n) is 4.18. The lowest BCUT2D eigenvalue weighted by atomic mass is 9.98. The number of halogens is 1. The minimum absolute atomic E-state index is 0.0354. The Morgan fingerprint density at radius 2 is 2.06 bits per heavy atom. The Balaban J connectivity index is 1.32. The monoisotopic (exact) mass is 502 g/mol. The second-order valence-electron chi connectivity index (χ2n) is 8.27. The Hall–Kier alpha value is -3.31. The Bertz CT molecular complexity index is 1410. The fourth-order valence-corrected chi connectivity index (χ4v) is 4.90. The zero-order chi connectivity index (χ0) is 24.7. The van der Waals surface area contributed by atoms with Crippen molar-refractivity contribution in [2.24, 2.45) is 0 Å². The number of rotatable bonds is 7. The van der Waals surface area contributed by atoms with Gasteiger partial charge in [-0.2, -0.15) is 9.97 Å². The highest BCUT2D eigenvalue weighted by molar-refractivity contribution is 7.33. The van der Waals surface area contributed by atoms with E-state index >= 15 is 4.39 Å². The van der Waals surface area contributed by atoms with Crippen LogP contribution in [0.2, 0.25) is 0 Å². The van der Waals surface area contributed by atoms with Crippen LogP contribution >= 0.6 is 8.25 Å². The SMILES string of the molecule is CNc1nc(N)nc2c1ncn2[C@@H]1O[C@H](CO[PH](=O)Oc2cccc3ccccc23)[C@@H](O)[C@@]1(C)F. The molecule has 0 bridgehead atoms. The van der Waals surface area contributed by atoms with Gasteiger partial charge in [0.1, 0.15) is 18.0 Å². The second-order valence-corrected chi connectivity index (χ2v) is 9.26. The summed E-state index contributed by atoms with van der Waals surface area (Å²) in [5, 5.41) is 15.2. The summed E-state index contributed by atoms with van der Waals surface area (Å²) in [6.45, 7) is 0.846. The third-order valence-electron chi connectivity index (χ3n) is 5.95. The number of aliphatic hydroxyl groups excluding tert-OH is 1. The molecule has 0 amide bonds. The van der Waals surface area contributed by atoms with Gasteiger partial charge in [0.2, 0.25) is 5.95 Å². The van der Waals surface area contributed by atoms with Crippen LogP contribution < -0.4 is 15.6 Å². The zero-order valence-corrected chi connectivity index (χ0v) is 19.9. The molecule has 1 unspecified atom stereocenters. The molecule has 1 aliphatic rings. The van der Waals surface area contributed by atoms with Gasteiger partial charge >= 0.3 is 8.25 Å². The van der Waals surface area contributed by atoms with E-state index in [0.717, 1.165) is 10.8 Å². The summed E-state index contributed by atoms with van der Waals surface area (Å²) in [6, 6.07) is 12.8. The highest BCUT2D eigenvalue weighted by Gasteiger charge is 2.55.